The predicted molar refractivity (Wildman–Crippen MR) is 120 cm³/mol. The molecule has 3 aromatic carbocycles. The number of carboxylic acids is 1. The van der Waals surface area contributed by atoms with Gasteiger partial charge in [-0.25, -0.2) is 4.79 Å². The van der Waals surface area contributed by atoms with Gasteiger partial charge in [0.1, 0.15) is 5.75 Å². The first-order valence-corrected chi connectivity index (χ1v) is 10.8. The maximum atomic E-state index is 13.1. The van der Waals surface area contributed by atoms with E-state index in [4.69, 9.17) is 9.84 Å². The molecular weight excluding hydrogens is 437 g/mol. The third kappa shape index (κ3) is 7.20. The molecule has 0 fully saturated rings. The maximum Gasteiger partial charge on any atom is 0.393 e. The van der Waals surface area contributed by atoms with Crippen molar-refractivity contribution in [2.45, 2.75) is 17.5 Å². The van der Waals surface area contributed by atoms with Crippen LogP contribution in [0.4, 0.5) is 13.2 Å². The summed E-state index contributed by atoms with van der Waals surface area (Å²) in [7, 11) is 0. The molecule has 32 heavy (non-hydrogen) atoms. The molecule has 0 aromatic heterocycles. The van der Waals surface area contributed by atoms with Gasteiger partial charge in [-0.3, -0.25) is 0 Å². The number of hydrogen-bond donors (Lipinski definition) is 1. The van der Waals surface area contributed by atoms with Gasteiger partial charge < -0.3 is 9.84 Å². The van der Waals surface area contributed by atoms with Crippen LogP contribution in [0.3, 0.4) is 0 Å². The fourth-order valence-electron chi connectivity index (χ4n) is 3.15. The molecule has 0 saturated carbocycles. The van der Waals surface area contributed by atoms with Gasteiger partial charge in [0.25, 0.3) is 0 Å². The zero-order valence-electron chi connectivity index (χ0n) is 17.0. The molecule has 0 aliphatic rings. The number of carbonyl (C=O) groups is 1. The quantitative estimate of drug-likeness (QED) is 0.373. The van der Waals surface area contributed by atoms with Crippen LogP contribution in [-0.4, -0.2) is 29.6 Å². The van der Waals surface area contributed by atoms with E-state index in [9.17, 15) is 18.0 Å². The van der Waals surface area contributed by atoms with Crippen LogP contribution in [0.2, 0.25) is 0 Å². The molecule has 0 heterocycles. The zero-order valence-corrected chi connectivity index (χ0v) is 17.8. The van der Waals surface area contributed by atoms with E-state index in [1.165, 1.54) is 17.8 Å². The summed E-state index contributed by atoms with van der Waals surface area (Å²) in [6.07, 6.45) is -3.35. The van der Waals surface area contributed by atoms with E-state index < -0.39 is 25.2 Å². The zero-order chi connectivity index (χ0) is 23.0. The Morgan fingerprint density at radius 2 is 1.59 bits per heavy atom. The van der Waals surface area contributed by atoms with Crippen LogP contribution < -0.4 is 4.74 Å². The van der Waals surface area contributed by atoms with Crippen LogP contribution >= 0.6 is 11.8 Å². The highest BCUT2D eigenvalue weighted by Crippen LogP contribution is 2.32. The molecule has 3 rings (SSSR count). The molecular formula is C25H21F3O3S. The minimum atomic E-state index is -4.29. The van der Waals surface area contributed by atoms with E-state index >= 15 is 0 Å². The number of ether oxygens (including phenoxy) is 1. The van der Waals surface area contributed by atoms with E-state index in [0.29, 0.717) is 17.1 Å². The SMILES string of the molecule is O=C(O)COc1ccc(SC/C=C(\c2ccccc2)c2ccccc2CC(F)(F)F)cc1. The largest absolute Gasteiger partial charge is 0.482 e. The molecule has 3 aromatic rings. The van der Waals surface area contributed by atoms with Crippen LogP contribution in [0.1, 0.15) is 16.7 Å². The van der Waals surface area contributed by atoms with Crippen molar-refractivity contribution in [2.75, 3.05) is 12.4 Å². The summed E-state index contributed by atoms with van der Waals surface area (Å²) in [6.45, 7) is -0.410. The minimum absolute atomic E-state index is 0.236. The summed E-state index contributed by atoms with van der Waals surface area (Å²) in [5.74, 6) is -0.0499. The molecule has 7 heteroatoms. The Balaban J connectivity index is 1.81. The number of alkyl halides is 3. The number of hydrogen-bond acceptors (Lipinski definition) is 3. The molecule has 3 nitrogen and oxygen atoms in total. The molecule has 0 aliphatic carbocycles. The number of rotatable bonds is 9. The second-order valence-corrected chi connectivity index (χ2v) is 7.99. The first-order chi connectivity index (χ1) is 15.3. The highest BCUT2D eigenvalue weighted by atomic mass is 32.2. The van der Waals surface area contributed by atoms with Crippen LogP contribution in [0.5, 0.6) is 5.75 Å². The highest BCUT2D eigenvalue weighted by molar-refractivity contribution is 7.99. The van der Waals surface area contributed by atoms with Crippen molar-refractivity contribution >= 4 is 23.3 Å². The van der Waals surface area contributed by atoms with Gasteiger partial charge >= 0.3 is 12.1 Å². The maximum absolute atomic E-state index is 13.1. The van der Waals surface area contributed by atoms with Crippen molar-refractivity contribution in [3.05, 3.63) is 102 Å². The lowest BCUT2D eigenvalue weighted by Gasteiger charge is -2.15. The van der Waals surface area contributed by atoms with E-state index in [1.54, 1.807) is 30.3 Å². The lowest BCUT2D eigenvalue weighted by atomic mass is 9.92. The molecule has 0 amide bonds. The third-order valence-corrected chi connectivity index (χ3v) is 5.45. The number of thioether (sulfide) groups is 1. The van der Waals surface area contributed by atoms with Crippen molar-refractivity contribution in [3.8, 4) is 5.75 Å². The van der Waals surface area contributed by atoms with Crippen molar-refractivity contribution in [2.24, 2.45) is 0 Å². The third-order valence-electron chi connectivity index (χ3n) is 4.51. The molecule has 0 bridgehead atoms. The molecule has 0 atom stereocenters. The van der Waals surface area contributed by atoms with Crippen molar-refractivity contribution in [3.63, 3.8) is 0 Å². The fourth-order valence-corrected chi connectivity index (χ4v) is 3.92. The lowest BCUT2D eigenvalue weighted by Crippen LogP contribution is -2.13. The van der Waals surface area contributed by atoms with E-state index in [0.717, 1.165) is 16.0 Å². The van der Waals surface area contributed by atoms with Crippen LogP contribution in [0.15, 0.2) is 89.8 Å². The van der Waals surface area contributed by atoms with Crippen molar-refractivity contribution in [1.29, 1.82) is 0 Å². The fraction of sp³-hybridized carbons (Fsp3) is 0.160. The summed E-state index contributed by atoms with van der Waals surface area (Å²) < 4.78 is 44.5. The molecule has 0 unspecified atom stereocenters. The van der Waals surface area contributed by atoms with Crippen LogP contribution in [0, 0.1) is 0 Å². The van der Waals surface area contributed by atoms with Gasteiger partial charge in [-0.2, -0.15) is 13.2 Å². The summed E-state index contributed by atoms with van der Waals surface area (Å²) in [6, 6.07) is 23.0. The first kappa shape index (κ1) is 23.5. The highest BCUT2D eigenvalue weighted by Gasteiger charge is 2.29. The second kappa shape index (κ2) is 10.9. The van der Waals surface area contributed by atoms with Gasteiger partial charge in [-0.15, -0.1) is 11.8 Å². The minimum Gasteiger partial charge on any atom is -0.482 e. The first-order valence-electron chi connectivity index (χ1n) is 9.80. The Bertz CT molecular complexity index is 1060. The van der Waals surface area contributed by atoms with Gasteiger partial charge in [-0.1, -0.05) is 60.7 Å². The molecule has 0 radical (unpaired) electrons. The summed E-state index contributed by atoms with van der Waals surface area (Å²) in [5, 5.41) is 8.67. The van der Waals surface area contributed by atoms with Crippen molar-refractivity contribution in [1.82, 2.24) is 0 Å². The molecule has 1 N–H and O–H groups in total. The van der Waals surface area contributed by atoms with Gasteiger partial charge in [0.15, 0.2) is 6.61 Å². The van der Waals surface area contributed by atoms with E-state index in [1.807, 2.05) is 48.5 Å². The summed E-state index contributed by atoms with van der Waals surface area (Å²) in [5.41, 5.74) is 2.40. The number of benzene rings is 3. The number of aliphatic carboxylic acids is 1. The molecule has 0 saturated heterocycles. The average Bonchev–Trinajstić information content (AvgIpc) is 2.76. The summed E-state index contributed by atoms with van der Waals surface area (Å²) >= 11 is 1.52. The molecule has 0 aliphatic heterocycles. The normalized spacial score (nSPS) is 11.9. The standard InChI is InChI=1S/C25H21F3O3S/c26-25(27,28)16-19-8-4-5-9-22(19)23(18-6-2-1-3-7-18)14-15-32-21-12-10-20(11-13-21)31-17-24(29)30/h1-14H,15-17H2,(H,29,30)/b23-14+. The Morgan fingerprint density at radius 3 is 2.25 bits per heavy atom. The van der Waals surface area contributed by atoms with Crippen molar-refractivity contribution < 1.29 is 27.8 Å². The van der Waals surface area contributed by atoms with Gasteiger partial charge in [0.2, 0.25) is 0 Å². The molecule has 0 spiro atoms. The average molecular weight is 459 g/mol. The Labute approximate surface area is 188 Å². The monoisotopic (exact) mass is 458 g/mol. The van der Waals surface area contributed by atoms with E-state index in [-0.39, 0.29) is 5.56 Å². The Kier molecular flexibility index (Phi) is 8.00. The Morgan fingerprint density at radius 1 is 0.938 bits per heavy atom. The molecule has 166 valence electrons. The van der Waals surface area contributed by atoms with Crippen LogP contribution in [-0.2, 0) is 11.2 Å². The number of carboxylic acid groups (broad SMARTS) is 1. The predicted octanol–water partition coefficient (Wildman–Crippen LogP) is 6.48. The Hall–Kier alpha value is -3.19. The number of halogens is 3. The second-order valence-electron chi connectivity index (χ2n) is 6.90. The van der Waals surface area contributed by atoms with Crippen LogP contribution in [0.25, 0.3) is 5.57 Å². The van der Waals surface area contributed by atoms with E-state index in [2.05, 4.69) is 0 Å². The smallest absolute Gasteiger partial charge is 0.393 e. The van der Waals surface area contributed by atoms with Gasteiger partial charge in [0, 0.05) is 10.6 Å². The van der Waals surface area contributed by atoms with Gasteiger partial charge in [0.05, 0.1) is 6.42 Å². The van der Waals surface area contributed by atoms with Gasteiger partial charge in [-0.05, 0) is 46.5 Å². The summed E-state index contributed by atoms with van der Waals surface area (Å²) in [4.78, 5) is 11.5. The lowest BCUT2D eigenvalue weighted by molar-refractivity contribution is -0.139. The topological polar surface area (TPSA) is 46.5 Å².